The Morgan fingerprint density at radius 2 is 1.75 bits per heavy atom. The highest BCUT2D eigenvalue weighted by atomic mass is 24.4. The van der Waals surface area contributed by atoms with E-state index >= 15 is 0 Å². The second kappa shape index (κ2) is 9.81. The highest BCUT2D eigenvalue weighted by Gasteiger charge is 2.01. The van der Waals surface area contributed by atoms with Gasteiger partial charge in [0.05, 0.1) is 0 Å². The van der Waals surface area contributed by atoms with E-state index in [1.165, 1.54) is 38.5 Å². The SMILES string of the molecule is CCC(CC)CCCCC[O][Mg]. The molecule has 0 rings (SSSR count). The Morgan fingerprint density at radius 1 is 1.08 bits per heavy atom. The lowest BCUT2D eigenvalue weighted by Crippen LogP contribution is -1.97. The fourth-order valence-electron chi connectivity index (χ4n) is 1.51. The van der Waals surface area contributed by atoms with Crippen LogP contribution in [0.4, 0.5) is 0 Å². The van der Waals surface area contributed by atoms with Crippen LogP contribution in [0.3, 0.4) is 0 Å². The van der Waals surface area contributed by atoms with Gasteiger partial charge in [0.1, 0.15) is 0 Å². The zero-order valence-corrected chi connectivity index (χ0v) is 10.1. The Balaban J connectivity index is 3.06. The molecule has 12 heavy (non-hydrogen) atoms. The lowest BCUT2D eigenvalue weighted by molar-refractivity contribution is 0.327. The number of unbranched alkanes of at least 4 members (excludes halogenated alkanes) is 2. The van der Waals surface area contributed by atoms with Crippen molar-refractivity contribution < 1.29 is 3.17 Å². The van der Waals surface area contributed by atoms with E-state index < -0.39 is 0 Å². The first-order chi connectivity index (χ1) is 5.85. The molecular weight excluding hydrogens is 160 g/mol. The van der Waals surface area contributed by atoms with Crippen LogP contribution in [-0.2, 0) is 3.17 Å². The van der Waals surface area contributed by atoms with E-state index in [9.17, 15) is 0 Å². The monoisotopic (exact) mass is 181 g/mol. The Hall–Kier alpha value is 0.726. The predicted molar refractivity (Wildman–Crippen MR) is 54.2 cm³/mol. The Morgan fingerprint density at radius 3 is 2.25 bits per heavy atom. The average Bonchev–Trinajstić information content (AvgIpc) is 2.11. The standard InChI is InChI=1S/C10H21O.Mg/c1-3-10(4-2)8-6-5-7-9-11;/h10H,3-9H2,1-2H3;/q-1;+1. The summed E-state index contributed by atoms with van der Waals surface area (Å²) in [6.45, 7) is 5.54. The molecule has 0 amide bonds. The second-order valence-corrected chi connectivity index (χ2v) is 3.85. The third-order valence-electron chi connectivity index (χ3n) is 2.56. The van der Waals surface area contributed by atoms with Crippen LogP contribution >= 0.6 is 0 Å². The molecule has 0 aromatic rings. The van der Waals surface area contributed by atoms with Crippen LogP contribution in [0.25, 0.3) is 0 Å². The molecule has 2 heteroatoms. The van der Waals surface area contributed by atoms with Crippen molar-refractivity contribution in [3.8, 4) is 0 Å². The summed E-state index contributed by atoms with van der Waals surface area (Å²) in [7, 11) is 0. The molecule has 1 radical (unpaired) electrons. The van der Waals surface area contributed by atoms with Gasteiger partial charge in [-0.15, -0.1) is 0 Å². The minimum atomic E-state index is 0.946. The first-order valence-corrected chi connectivity index (χ1v) is 5.79. The van der Waals surface area contributed by atoms with Gasteiger partial charge in [-0.1, -0.05) is 46.0 Å². The Labute approximate surface area is 90.2 Å². The van der Waals surface area contributed by atoms with Crippen molar-refractivity contribution in [2.45, 2.75) is 52.4 Å². The summed E-state index contributed by atoms with van der Waals surface area (Å²) in [4.78, 5) is 0. The van der Waals surface area contributed by atoms with Crippen LogP contribution in [0.1, 0.15) is 52.4 Å². The lowest BCUT2D eigenvalue weighted by atomic mass is 9.96. The van der Waals surface area contributed by atoms with E-state index in [1.54, 1.807) is 22.1 Å². The third-order valence-corrected chi connectivity index (χ3v) is 2.84. The Kier molecular flexibility index (Phi) is 10.4. The van der Waals surface area contributed by atoms with Gasteiger partial charge in [-0.2, -0.15) is 0 Å². The van der Waals surface area contributed by atoms with Crippen molar-refractivity contribution in [1.82, 2.24) is 0 Å². The summed E-state index contributed by atoms with van der Waals surface area (Å²) >= 11 is 1.60. The van der Waals surface area contributed by atoms with Gasteiger partial charge >= 0.3 is 22.1 Å². The van der Waals surface area contributed by atoms with Crippen molar-refractivity contribution in [3.05, 3.63) is 0 Å². The first kappa shape index (κ1) is 12.7. The fourth-order valence-corrected chi connectivity index (χ4v) is 1.71. The van der Waals surface area contributed by atoms with Crippen LogP contribution < -0.4 is 0 Å². The smallest absolute Gasteiger partial charge is 0.452 e. The summed E-state index contributed by atoms with van der Waals surface area (Å²) in [6.07, 6.45) is 8.08. The predicted octanol–water partition coefficient (Wildman–Crippen LogP) is 3.08. The van der Waals surface area contributed by atoms with Crippen molar-refractivity contribution in [3.63, 3.8) is 0 Å². The maximum Gasteiger partial charge on any atom is 0.452 e. The van der Waals surface area contributed by atoms with Crippen LogP contribution in [0, 0.1) is 5.92 Å². The molecule has 0 aliphatic heterocycles. The summed E-state index contributed by atoms with van der Waals surface area (Å²) in [6, 6.07) is 0. The van der Waals surface area contributed by atoms with Gasteiger partial charge in [-0.05, 0) is 12.3 Å². The van der Waals surface area contributed by atoms with Crippen molar-refractivity contribution in [2.75, 3.05) is 6.61 Å². The molecule has 69 valence electrons. The van der Waals surface area contributed by atoms with E-state index in [-0.39, 0.29) is 0 Å². The second-order valence-electron chi connectivity index (χ2n) is 3.44. The molecule has 0 atom stereocenters. The topological polar surface area (TPSA) is 9.23 Å². The summed E-state index contributed by atoms with van der Waals surface area (Å²) in [5.74, 6) is 0.967. The summed E-state index contributed by atoms with van der Waals surface area (Å²) < 4.78 is 5.03. The average molecular weight is 182 g/mol. The van der Waals surface area contributed by atoms with Gasteiger partial charge < -0.3 is 3.17 Å². The van der Waals surface area contributed by atoms with Gasteiger partial charge in [-0.25, -0.2) is 0 Å². The van der Waals surface area contributed by atoms with Gasteiger partial charge in [0, 0.05) is 6.61 Å². The van der Waals surface area contributed by atoms with E-state index in [0.29, 0.717) is 0 Å². The maximum absolute atomic E-state index is 5.03. The van der Waals surface area contributed by atoms with Crippen molar-refractivity contribution in [2.24, 2.45) is 5.92 Å². The molecule has 0 bridgehead atoms. The van der Waals surface area contributed by atoms with Gasteiger partial charge in [0.15, 0.2) is 0 Å². The quantitative estimate of drug-likeness (QED) is 0.413. The van der Waals surface area contributed by atoms with E-state index in [0.717, 1.165) is 12.5 Å². The summed E-state index contributed by atoms with van der Waals surface area (Å²) in [5, 5.41) is 0. The largest absolute Gasteiger partial charge is 0.584 e. The molecule has 0 aliphatic carbocycles. The molecule has 0 aliphatic rings. The van der Waals surface area contributed by atoms with Gasteiger partial charge in [0.2, 0.25) is 0 Å². The molecule has 0 unspecified atom stereocenters. The molecule has 0 aromatic heterocycles. The molecule has 0 spiro atoms. The lowest BCUT2D eigenvalue weighted by Gasteiger charge is -2.11. The van der Waals surface area contributed by atoms with Crippen molar-refractivity contribution >= 4 is 22.1 Å². The zero-order chi connectivity index (χ0) is 9.23. The van der Waals surface area contributed by atoms with Crippen LogP contribution in [0.2, 0.25) is 0 Å². The number of rotatable bonds is 8. The molecule has 0 saturated heterocycles. The Bertz CT molecular complexity index is 81.9. The summed E-state index contributed by atoms with van der Waals surface area (Å²) in [5.41, 5.74) is 0. The highest BCUT2D eigenvalue weighted by molar-refractivity contribution is 5.97. The molecule has 0 saturated carbocycles. The molecule has 1 nitrogen and oxygen atoms in total. The minimum absolute atomic E-state index is 0.946. The van der Waals surface area contributed by atoms with E-state index in [1.807, 2.05) is 0 Å². The highest BCUT2D eigenvalue weighted by Crippen LogP contribution is 2.16. The molecule has 0 heterocycles. The van der Waals surface area contributed by atoms with Gasteiger partial charge in [-0.3, -0.25) is 0 Å². The molecule has 0 aromatic carbocycles. The molecular formula is C10H21MgO. The van der Waals surface area contributed by atoms with E-state index in [4.69, 9.17) is 3.17 Å². The number of hydrogen-bond donors (Lipinski definition) is 0. The zero-order valence-electron chi connectivity index (χ0n) is 8.64. The maximum atomic E-state index is 5.03. The first-order valence-electron chi connectivity index (χ1n) is 5.22. The number of hydrogen-bond acceptors (Lipinski definition) is 1. The molecule has 0 N–H and O–H groups in total. The van der Waals surface area contributed by atoms with Gasteiger partial charge in [0.25, 0.3) is 0 Å². The van der Waals surface area contributed by atoms with Crippen LogP contribution in [0.15, 0.2) is 0 Å². The molecule has 0 fully saturated rings. The van der Waals surface area contributed by atoms with Crippen LogP contribution in [-0.4, -0.2) is 28.7 Å². The van der Waals surface area contributed by atoms with E-state index in [2.05, 4.69) is 13.8 Å². The minimum Gasteiger partial charge on any atom is -0.584 e. The van der Waals surface area contributed by atoms with Crippen LogP contribution in [0.5, 0.6) is 0 Å². The fraction of sp³-hybridized carbons (Fsp3) is 1.00. The normalized spacial score (nSPS) is 10.8. The van der Waals surface area contributed by atoms with Crippen molar-refractivity contribution in [1.29, 1.82) is 0 Å². The third kappa shape index (κ3) is 7.38.